The zero-order chi connectivity index (χ0) is 32.8. The molecule has 1 atom stereocenters. The topological polar surface area (TPSA) is 109 Å². The number of nitrogens with one attached hydrogen (secondary N) is 1. The van der Waals surface area contributed by atoms with Gasteiger partial charge in [-0.1, -0.05) is 91.0 Å². The van der Waals surface area contributed by atoms with Gasteiger partial charge in [-0.05, 0) is 53.4 Å². The minimum Gasteiger partial charge on any atom is -0.494 e. The molecule has 4 aromatic carbocycles. The Kier molecular flexibility index (Phi) is 11.5. The Morgan fingerprint density at radius 3 is 2.15 bits per heavy atom. The molecule has 8 heteroatoms. The van der Waals surface area contributed by atoms with Gasteiger partial charge in [-0.3, -0.25) is 14.6 Å². The average molecular weight is 628 g/mol. The molecule has 1 amide bonds. The first-order valence-corrected chi connectivity index (χ1v) is 15.6. The van der Waals surface area contributed by atoms with Crippen molar-refractivity contribution in [2.75, 3.05) is 18.5 Å². The van der Waals surface area contributed by atoms with Gasteiger partial charge in [-0.2, -0.15) is 0 Å². The van der Waals surface area contributed by atoms with Crippen molar-refractivity contribution in [1.29, 1.82) is 0 Å². The predicted molar refractivity (Wildman–Crippen MR) is 181 cm³/mol. The van der Waals surface area contributed by atoms with Crippen LogP contribution in [0, 0.1) is 0 Å². The normalized spacial score (nSPS) is 11.3. The summed E-state index contributed by atoms with van der Waals surface area (Å²) >= 11 is 0. The highest BCUT2D eigenvalue weighted by Gasteiger charge is 2.21. The number of benzene rings is 4. The summed E-state index contributed by atoms with van der Waals surface area (Å²) in [6.45, 7) is 1.46. The number of nitrogens with zero attached hydrogens (tertiary/aromatic N) is 2. The number of carbonyl (C=O) groups is 3. The van der Waals surface area contributed by atoms with Crippen molar-refractivity contribution in [2.45, 2.75) is 31.8 Å². The van der Waals surface area contributed by atoms with E-state index >= 15 is 0 Å². The molecule has 1 aromatic heterocycles. The summed E-state index contributed by atoms with van der Waals surface area (Å²) in [6, 6.07) is 35.8. The number of aromatic nitrogens is 1. The fourth-order valence-corrected chi connectivity index (χ4v) is 5.23. The number of anilines is 1. The van der Waals surface area contributed by atoms with Crippen LogP contribution in [0.1, 0.15) is 39.0 Å². The van der Waals surface area contributed by atoms with Gasteiger partial charge in [0.2, 0.25) is 5.91 Å². The van der Waals surface area contributed by atoms with Gasteiger partial charge in [0.1, 0.15) is 11.8 Å². The standard InChI is InChI=1S/C39H37N3O5/c43-37(26-31-13-9-22-40-27-31)42(28-30-11-3-1-4-12-30)23-10-24-47-33-20-18-29(19-21-33)25-36(39(45)46)41-35-17-8-7-16-34(35)38(44)32-14-5-2-6-15-32/h1-9,11-22,27,36,41H,10,23-26,28H2,(H,45,46). The Bertz CT molecular complexity index is 1750. The summed E-state index contributed by atoms with van der Waals surface area (Å²) in [5.74, 6) is -0.519. The first kappa shape index (κ1) is 32.6. The lowest BCUT2D eigenvalue weighted by Crippen LogP contribution is -2.33. The van der Waals surface area contributed by atoms with Crippen LogP contribution < -0.4 is 10.1 Å². The van der Waals surface area contributed by atoms with Crippen LogP contribution in [0.2, 0.25) is 0 Å². The van der Waals surface area contributed by atoms with Crippen molar-refractivity contribution in [2.24, 2.45) is 0 Å². The largest absolute Gasteiger partial charge is 0.494 e. The van der Waals surface area contributed by atoms with E-state index in [1.807, 2.05) is 77.7 Å². The van der Waals surface area contributed by atoms with Gasteiger partial charge >= 0.3 is 5.97 Å². The van der Waals surface area contributed by atoms with E-state index in [1.54, 1.807) is 60.9 Å². The molecular weight excluding hydrogens is 590 g/mol. The third-order valence-electron chi connectivity index (χ3n) is 7.69. The molecule has 0 aliphatic rings. The highest BCUT2D eigenvalue weighted by Crippen LogP contribution is 2.22. The first-order valence-electron chi connectivity index (χ1n) is 15.6. The van der Waals surface area contributed by atoms with E-state index < -0.39 is 12.0 Å². The minimum atomic E-state index is -1.02. The van der Waals surface area contributed by atoms with Crippen molar-refractivity contribution in [3.05, 3.63) is 162 Å². The number of carbonyl (C=O) groups excluding carboxylic acids is 2. The van der Waals surface area contributed by atoms with Crippen LogP contribution in [0.15, 0.2) is 134 Å². The average Bonchev–Trinajstić information content (AvgIpc) is 3.11. The SMILES string of the molecule is O=C(c1ccccc1)c1ccccc1NC(Cc1ccc(OCCCN(Cc2ccccc2)C(=O)Cc2cccnc2)cc1)C(=O)O. The Labute approximate surface area is 274 Å². The van der Waals surface area contributed by atoms with Crippen LogP contribution in [0.25, 0.3) is 0 Å². The van der Waals surface area contributed by atoms with Gasteiger partial charge < -0.3 is 20.1 Å². The Balaban J connectivity index is 1.15. The second kappa shape index (κ2) is 16.5. The van der Waals surface area contributed by atoms with E-state index in [0.29, 0.717) is 48.7 Å². The number of rotatable bonds is 16. The quantitative estimate of drug-likeness (QED) is 0.0955. The van der Waals surface area contributed by atoms with Crippen molar-refractivity contribution >= 4 is 23.3 Å². The number of pyridine rings is 1. The molecule has 0 aliphatic carbocycles. The smallest absolute Gasteiger partial charge is 0.326 e. The summed E-state index contributed by atoms with van der Waals surface area (Å²) in [4.78, 5) is 44.5. The number of para-hydroxylation sites is 1. The second-order valence-corrected chi connectivity index (χ2v) is 11.2. The lowest BCUT2D eigenvalue weighted by molar-refractivity contribution is -0.138. The summed E-state index contributed by atoms with van der Waals surface area (Å²) in [5, 5.41) is 13.1. The van der Waals surface area contributed by atoms with E-state index in [0.717, 1.165) is 16.7 Å². The van der Waals surface area contributed by atoms with Crippen LogP contribution >= 0.6 is 0 Å². The van der Waals surface area contributed by atoms with E-state index in [-0.39, 0.29) is 24.5 Å². The number of amides is 1. The molecule has 47 heavy (non-hydrogen) atoms. The molecule has 5 aromatic rings. The van der Waals surface area contributed by atoms with Crippen molar-refractivity contribution in [1.82, 2.24) is 9.88 Å². The maximum absolute atomic E-state index is 13.2. The lowest BCUT2D eigenvalue weighted by atomic mass is 10.00. The molecule has 0 spiro atoms. The van der Waals surface area contributed by atoms with Crippen LogP contribution in [0.3, 0.4) is 0 Å². The number of carboxylic acids is 1. The highest BCUT2D eigenvalue weighted by atomic mass is 16.5. The van der Waals surface area contributed by atoms with Crippen LogP contribution in [0.4, 0.5) is 5.69 Å². The molecule has 238 valence electrons. The molecule has 1 heterocycles. The maximum atomic E-state index is 13.2. The minimum absolute atomic E-state index is 0.0276. The van der Waals surface area contributed by atoms with Gasteiger partial charge in [-0.25, -0.2) is 4.79 Å². The zero-order valence-corrected chi connectivity index (χ0v) is 26.0. The maximum Gasteiger partial charge on any atom is 0.326 e. The number of ether oxygens (including phenoxy) is 1. The van der Waals surface area contributed by atoms with Gasteiger partial charge in [0.15, 0.2) is 5.78 Å². The number of ketones is 1. The number of hydrogen-bond acceptors (Lipinski definition) is 6. The second-order valence-electron chi connectivity index (χ2n) is 11.2. The molecule has 0 bridgehead atoms. The molecule has 0 radical (unpaired) electrons. The van der Waals surface area contributed by atoms with E-state index in [4.69, 9.17) is 4.74 Å². The number of aliphatic carboxylic acids is 1. The third kappa shape index (κ3) is 9.61. The Morgan fingerprint density at radius 1 is 0.766 bits per heavy atom. The van der Waals surface area contributed by atoms with E-state index in [2.05, 4.69) is 10.3 Å². The molecule has 0 saturated heterocycles. The molecule has 0 saturated carbocycles. The summed E-state index contributed by atoms with van der Waals surface area (Å²) in [5.41, 5.74) is 4.15. The van der Waals surface area contributed by atoms with Crippen molar-refractivity contribution in [3.8, 4) is 5.75 Å². The highest BCUT2D eigenvalue weighted by molar-refractivity contribution is 6.12. The summed E-state index contributed by atoms with van der Waals surface area (Å²) < 4.78 is 5.97. The van der Waals surface area contributed by atoms with Crippen molar-refractivity contribution in [3.63, 3.8) is 0 Å². The number of hydrogen-bond donors (Lipinski definition) is 2. The van der Waals surface area contributed by atoms with Crippen LogP contribution in [-0.2, 0) is 29.0 Å². The molecule has 2 N–H and O–H groups in total. The predicted octanol–water partition coefficient (Wildman–Crippen LogP) is 6.46. The molecule has 5 rings (SSSR count). The lowest BCUT2D eigenvalue weighted by Gasteiger charge is -2.23. The molecule has 0 fully saturated rings. The Morgan fingerprint density at radius 2 is 1.45 bits per heavy atom. The molecule has 0 aliphatic heterocycles. The molecular formula is C39H37N3O5. The first-order chi connectivity index (χ1) is 23.0. The van der Waals surface area contributed by atoms with Gasteiger partial charge in [0, 0.05) is 48.7 Å². The van der Waals surface area contributed by atoms with E-state index in [9.17, 15) is 19.5 Å². The van der Waals surface area contributed by atoms with Crippen LogP contribution in [-0.4, -0.2) is 51.8 Å². The third-order valence-corrected chi connectivity index (χ3v) is 7.69. The summed E-state index contributed by atoms with van der Waals surface area (Å²) in [7, 11) is 0. The van der Waals surface area contributed by atoms with Gasteiger partial charge in [0.05, 0.1) is 13.0 Å². The molecule has 8 nitrogen and oxygen atoms in total. The molecule has 1 unspecified atom stereocenters. The van der Waals surface area contributed by atoms with Gasteiger partial charge in [0.25, 0.3) is 0 Å². The summed E-state index contributed by atoms with van der Waals surface area (Å²) in [6.07, 6.45) is 4.53. The fourth-order valence-electron chi connectivity index (χ4n) is 5.23. The fraction of sp³-hybridized carbons (Fsp3) is 0.179. The Hall–Kier alpha value is -5.76. The number of carboxylic acid groups (broad SMARTS) is 1. The monoisotopic (exact) mass is 627 g/mol. The zero-order valence-electron chi connectivity index (χ0n) is 26.0. The van der Waals surface area contributed by atoms with Gasteiger partial charge in [-0.15, -0.1) is 0 Å². The van der Waals surface area contributed by atoms with E-state index in [1.165, 1.54) is 0 Å². The van der Waals surface area contributed by atoms with Crippen LogP contribution in [0.5, 0.6) is 5.75 Å². The van der Waals surface area contributed by atoms with Crippen molar-refractivity contribution < 1.29 is 24.2 Å².